The summed E-state index contributed by atoms with van der Waals surface area (Å²) in [6.07, 6.45) is 3.79. The van der Waals surface area contributed by atoms with Crippen molar-refractivity contribution >= 4 is 5.96 Å². The molecule has 0 aliphatic carbocycles. The van der Waals surface area contributed by atoms with Crippen LogP contribution < -0.4 is 5.32 Å². The second-order valence-corrected chi connectivity index (χ2v) is 6.62. The van der Waals surface area contributed by atoms with Crippen LogP contribution in [-0.2, 0) is 0 Å². The monoisotopic (exact) mass is 282 g/mol. The van der Waals surface area contributed by atoms with E-state index in [9.17, 15) is 0 Å². The van der Waals surface area contributed by atoms with Crippen molar-refractivity contribution in [3.8, 4) is 0 Å². The summed E-state index contributed by atoms with van der Waals surface area (Å²) < 4.78 is 0. The van der Waals surface area contributed by atoms with E-state index in [-0.39, 0.29) is 0 Å². The van der Waals surface area contributed by atoms with Gasteiger partial charge in [-0.05, 0) is 58.7 Å². The van der Waals surface area contributed by atoms with Gasteiger partial charge in [0.05, 0.1) is 0 Å². The van der Waals surface area contributed by atoms with E-state index in [0.717, 1.165) is 50.4 Å². The van der Waals surface area contributed by atoms with E-state index >= 15 is 0 Å². The molecule has 0 amide bonds. The van der Waals surface area contributed by atoms with E-state index in [1.165, 1.54) is 19.4 Å². The van der Waals surface area contributed by atoms with E-state index in [4.69, 9.17) is 4.99 Å². The maximum Gasteiger partial charge on any atom is 0.193 e. The van der Waals surface area contributed by atoms with Crippen molar-refractivity contribution < 1.29 is 0 Å². The van der Waals surface area contributed by atoms with Crippen LogP contribution in [0.4, 0.5) is 0 Å². The average Bonchev–Trinajstić information content (AvgIpc) is 2.80. The van der Waals surface area contributed by atoms with Gasteiger partial charge in [0.1, 0.15) is 0 Å². The zero-order valence-electron chi connectivity index (χ0n) is 14.2. The fourth-order valence-electron chi connectivity index (χ4n) is 2.88. The Kier molecular flexibility index (Phi) is 7.97. The first-order valence-electron chi connectivity index (χ1n) is 8.20. The number of likely N-dealkylation sites (tertiary alicyclic amines) is 1. The van der Waals surface area contributed by atoms with Crippen LogP contribution in [0.25, 0.3) is 0 Å². The fourth-order valence-corrected chi connectivity index (χ4v) is 2.88. The molecule has 1 atom stereocenters. The second kappa shape index (κ2) is 9.22. The van der Waals surface area contributed by atoms with Crippen LogP contribution in [0.5, 0.6) is 0 Å². The number of hydrogen-bond acceptors (Lipinski definition) is 2. The van der Waals surface area contributed by atoms with Gasteiger partial charge in [-0.2, -0.15) is 0 Å². The van der Waals surface area contributed by atoms with E-state index in [1.807, 2.05) is 0 Å². The van der Waals surface area contributed by atoms with Gasteiger partial charge in [-0.15, -0.1) is 0 Å². The molecule has 0 spiro atoms. The molecule has 0 bridgehead atoms. The van der Waals surface area contributed by atoms with Gasteiger partial charge in [0, 0.05) is 26.2 Å². The van der Waals surface area contributed by atoms with Crippen molar-refractivity contribution in [2.75, 3.05) is 46.8 Å². The lowest BCUT2D eigenvalue weighted by Crippen LogP contribution is -2.40. The van der Waals surface area contributed by atoms with Crippen molar-refractivity contribution in [1.82, 2.24) is 15.1 Å². The normalized spacial score (nSPS) is 20.2. The zero-order chi connectivity index (χ0) is 15.0. The molecule has 1 N–H and O–H groups in total. The predicted octanol–water partition coefficient (Wildman–Crippen LogP) is 2.27. The summed E-state index contributed by atoms with van der Waals surface area (Å²) in [5.74, 6) is 2.78. The summed E-state index contributed by atoms with van der Waals surface area (Å²) >= 11 is 0. The molecule has 1 fully saturated rings. The van der Waals surface area contributed by atoms with Crippen molar-refractivity contribution in [3.63, 3.8) is 0 Å². The number of nitrogens with zero attached hydrogens (tertiary/aromatic N) is 3. The summed E-state index contributed by atoms with van der Waals surface area (Å²) in [7, 11) is 4.23. The highest BCUT2D eigenvalue weighted by Crippen LogP contribution is 2.23. The van der Waals surface area contributed by atoms with Gasteiger partial charge in [-0.1, -0.05) is 13.8 Å². The number of aliphatic imine (C=N–C) groups is 1. The molecule has 0 aromatic carbocycles. The SMILES string of the molecule is CCNC(=NCCCN(C)C)N1CCC(CC(C)C)C1. The Balaban J connectivity index is 2.43. The smallest absolute Gasteiger partial charge is 0.193 e. The molecule has 1 heterocycles. The van der Waals surface area contributed by atoms with Crippen molar-refractivity contribution in [2.24, 2.45) is 16.8 Å². The second-order valence-electron chi connectivity index (χ2n) is 6.62. The van der Waals surface area contributed by atoms with Crippen LogP contribution in [0, 0.1) is 11.8 Å². The summed E-state index contributed by atoms with van der Waals surface area (Å²) in [5.41, 5.74) is 0. The van der Waals surface area contributed by atoms with Gasteiger partial charge >= 0.3 is 0 Å². The maximum atomic E-state index is 4.79. The van der Waals surface area contributed by atoms with Gasteiger partial charge in [0.2, 0.25) is 0 Å². The lowest BCUT2D eigenvalue weighted by atomic mass is 9.97. The lowest BCUT2D eigenvalue weighted by Gasteiger charge is -2.22. The zero-order valence-corrected chi connectivity index (χ0v) is 14.2. The summed E-state index contributed by atoms with van der Waals surface area (Å²) in [4.78, 5) is 9.46. The van der Waals surface area contributed by atoms with Crippen LogP contribution in [0.1, 0.15) is 40.0 Å². The molecule has 1 rings (SSSR count). The molecule has 20 heavy (non-hydrogen) atoms. The Morgan fingerprint density at radius 1 is 1.40 bits per heavy atom. The first-order chi connectivity index (χ1) is 9.52. The van der Waals surface area contributed by atoms with E-state index in [0.29, 0.717) is 0 Å². The van der Waals surface area contributed by atoms with Crippen LogP contribution in [0.3, 0.4) is 0 Å². The molecule has 4 nitrogen and oxygen atoms in total. The molecule has 118 valence electrons. The van der Waals surface area contributed by atoms with Crippen LogP contribution in [0.2, 0.25) is 0 Å². The number of guanidine groups is 1. The fraction of sp³-hybridized carbons (Fsp3) is 0.938. The average molecular weight is 282 g/mol. The van der Waals surface area contributed by atoms with E-state index < -0.39 is 0 Å². The standard InChI is InChI=1S/C16H34N4/c1-6-17-16(18-9-7-10-19(4)5)20-11-8-15(13-20)12-14(2)3/h14-15H,6-13H2,1-5H3,(H,17,18). The van der Waals surface area contributed by atoms with Gasteiger partial charge in [-0.3, -0.25) is 4.99 Å². The van der Waals surface area contributed by atoms with Gasteiger partial charge in [-0.25, -0.2) is 0 Å². The highest BCUT2D eigenvalue weighted by Gasteiger charge is 2.25. The molecule has 0 saturated carbocycles. The Bertz CT molecular complexity index is 286. The topological polar surface area (TPSA) is 30.9 Å². The first kappa shape index (κ1) is 17.3. The van der Waals surface area contributed by atoms with E-state index in [1.54, 1.807) is 0 Å². The molecular formula is C16H34N4. The molecule has 1 aliphatic rings. The minimum atomic E-state index is 0.805. The van der Waals surface area contributed by atoms with Crippen LogP contribution >= 0.6 is 0 Å². The lowest BCUT2D eigenvalue weighted by molar-refractivity contribution is 0.397. The summed E-state index contributed by atoms with van der Waals surface area (Å²) in [6.45, 7) is 12.1. The molecule has 0 radical (unpaired) electrons. The van der Waals surface area contributed by atoms with Gasteiger partial charge < -0.3 is 15.1 Å². The van der Waals surface area contributed by atoms with Gasteiger partial charge in [0.15, 0.2) is 5.96 Å². The predicted molar refractivity (Wildman–Crippen MR) is 88.3 cm³/mol. The molecule has 1 saturated heterocycles. The highest BCUT2D eigenvalue weighted by atomic mass is 15.3. The molecule has 0 aromatic rings. The quantitative estimate of drug-likeness (QED) is 0.441. The number of rotatable bonds is 7. The van der Waals surface area contributed by atoms with Crippen LogP contribution in [-0.4, -0.2) is 62.6 Å². The molecular weight excluding hydrogens is 248 g/mol. The summed E-state index contributed by atoms with van der Waals surface area (Å²) in [6, 6.07) is 0. The third-order valence-corrected chi connectivity index (χ3v) is 3.75. The van der Waals surface area contributed by atoms with Crippen molar-refractivity contribution in [2.45, 2.75) is 40.0 Å². The van der Waals surface area contributed by atoms with Gasteiger partial charge in [0.25, 0.3) is 0 Å². The minimum Gasteiger partial charge on any atom is -0.357 e. The number of nitrogens with one attached hydrogen (secondary N) is 1. The van der Waals surface area contributed by atoms with Crippen LogP contribution in [0.15, 0.2) is 4.99 Å². The highest BCUT2D eigenvalue weighted by molar-refractivity contribution is 5.80. The molecule has 1 unspecified atom stereocenters. The molecule has 4 heteroatoms. The summed E-state index contributed by atoms with van der Waals surface area (Å²) in [5, 5.41) is 3.45. The Hall–Kier alpha value is -0.770. The largest absolute Gasteiger partial charge is 0.357 e. The molecule has 1 aliphatic heterocycles. The van der Waals surface area contributed by atoms with Crippen molar-refractivity contribution in [1.29, 1.82) is 0 Å². The Morgan fingerprint density at radius 2 is 2.15 bits per heavy atom. The van der Waals surface area contributed by atoms with E-state index in [2.05, 4.69) is 50.0 Å². The molecule has 0 aromatic heterocycles. The van der Waals surface area contributed by atoms with Crippen molar-refractivity contribution in [3.05, 3.63) is 0 Å². The third-order valence-electron chi connectivity index (χ3n) is 3.75. The first-order valence-corrected chi connectivity index (χ1v) is 8.20. The minimum absolute atomic E-state index is 0.805. The number of hydrogen-bond donors (Lipinski definition) is 1. The Morgan fingerprint density at radius 3 is 2.75 bits per heavy atom. The third kappa shape index (κ3) is 6.60. The maximum absolute atomic E-state index is 4.79. The Labute approximate surface area is 125 Å².